The molecule has 9 nitrogen and oxygen atoms in total. The van der Waals surface area contributed by atoms with Gasteiger partial charge in [0.05, 0.1) is 18.9 Å². The number of aromatic nitrogens is 3. The highest BCUT2D eigenvalue weighted by Crippen LogP contribution is 2.31. The van der Waals surface area contributed by atoms with Crippen LogP contribution >= 0.6 is 11.5 Å². The molecule has 1 aliphatic heterocycles. The zero-order chi connectivity index (χ0) is 20.2. The first-order valence-corrected chi connectivity index (χ1v) is 10.8. The second kappa shape index (κ2) is 9.02. The van der Waals surface area contributed by atoms with E-state index >= 15 is 0 Å². The normalized spacial score (nSPS) is 22.9. The van der Waals surface area contributed by atoms with Crippen molar-refractivity contribution in [2.75, 3.05) is 37.4 Å². The third kappa shape index (κ3) is 4.82. The molecule has 29 heavy (non-hydrogen) atoms. The van der Waals surface area contributed by atoms with E-state index in [0.717, 1.165) is 68.9 Å². The number of nitrogens with two attached hydrogens (primary N) is 1. The Labute approximate surface area is 174 Å². The maximum atomic E-state index is 7.62. The van der Waals surface area contributed by atoms with Crippen LogP contribution in [0.2, 0.25) is 0 Å². The van der Waals surface area contributed by atoms with Gasteiger partial charge in [-0.25, -0.2) is 4.98 Å². The van der Waals surface area contributed by atoms with Gasteiger partial charge in [0.25, 0.3) is 0 Å². The van der Waals surface area contributed by atoms with Crippen LogP contribution in [0.25, 0.3) is 0 Å². The second-order valence-corrected chi connectivity index (χ2v) is 8.25. The third-order valence-electron chi connectivity index (χ3n) is 5.42. The Morgan fingerprint density at radius 1 is 1.28 bits per heavy atom. The Morgan fingerprint density at radius 2 is 2.03 bits per heavy atom. The first-order chi connectivity index (χ1) is 14.1. The number of hydrogen-bond donors (Lipinski definition) is 3. The van der Waals surface area contributed by atoms with E-state index in [-0.39, 0.29) is 6.10 Å². The monoisotopic (exact) mass is 417 g/mol. The van der Waals surface area contributed by atoms with Crippen molar-refractivity contribution in [2.45, 2.75) is 44.8 Å². The fraction of sp³-hybridized carbons (Fsp3) is 0.579. The average Bonchev–Trinajstić information content (AvgIpc) is 3.16. The van der Waals surface area contributed by atoms with Crippen molar-refractivity contribution in [2.24, 2.45) is 0 Å². The van der Waals surface area contributed by atoms with E-state index in [4.69, 9.17) is 20.6 Å². The first-order valence-electron chi connectivity index (χ1n) is 9.99. The zero-order valence-electron chi connectivity index (χ0n) is 16.6. The number of nitrogens with zero attached hydrogens (tertiary/aromatic N) is 4. The predicted molar refractivity (Wildman–Crippen MR) is 114 cm³/mol. The van der Waals surface area contributed by atoms with E-state index in [1.165, 1.54) is 11.5 Å². The van der Waals surface area contributed by atoms with Gasteiger partial charge in [0, 0.05) is 25.3 Å². The minimum atomic E-state index is 0.0709. The van der Waals surface area contributed by atoms with Crippen LogP contribution in [0, 0.1) is 12.3 Å². The second-order valence-electron chi connectivity index (χ2n) is 7.45. The molecule has 0 unspecified atom stereocenters. The lowest BCUT2D eigenvalue weighted by molar-refractivity contribution is -0.00132. The summed E-state index contributed by atoms with van der Waals surface area (Å²) >= 11 is 1.33. The molecule has 2 aliphatic rings. The van der Waals surface area contributed by atoms with Gasteiger partial charge >= 0.3 is 0 Å². The van der Waals surface area contributed by atoms with Crippen molar-refractivity contribution in [1.29, 1.82) is 5.41 Å². The van der Waals surface area contributed by atoms with Crippen molar-refractivity contribution in [3.8, 4) is 5.88 Å². The summed E-state index contributed by atoms with van der Waals surface area (Å²) in [6, 6.07) is 2.52. The molecule has 1 aliphatic carbocycles. The van der Waals surface area contributed by atoms with Crippen LogP contribution in [0.3, 0.4) is 0 Å². The minimum Gasteiger partial charge on any atom is -0.473 e. The average molecular weight is 418 g/mol. The minimum absolute atomic E-state index is 0.0709. The number of hydrogen-bond acceptors (Lipinski definition) is 10. The number of ether oxygens (including phenoxy) is 2. The molecule has 0 amide bonds. The van der Waals surface area contributed by atoms with Crippen LogP contribution in [0.1, 0.15) is 37.1 Å². The Morgan fingerprint density at radius 3 is 2.69 bits per heavy atom. The number of morpholine rings is 1. The van der Waals surface area contributed by atoms with Crippen molar-refractivity contribution in [3.05, 3.63) is 17.5 Å². The van der Waals surface area contributed by atoms with E-state index in [9.17, 15) is 0 Å². The van der Waals surface area contributed by atoms with Gasteiger partial charge in [0.2, 0.25) is 11.8 Å². The Hall–Kier alpha value is -2.30. The van der Waals surface area contributed by atoms with Gasteiger partial charge in [-0.05, 0) is 50.2 Å². The Balaban J connectivity index is 1.42. The quantitative estimate of drug-likeness (QED) is 0.613. The molecule has 0 atom stereocenters. The smallest absolute Gasteiger partial charge is 0.243 e. The highest BCUT2D eigenvalue weighted by Gasteiger charge is 2.28. The fourth-order valence-corrected chi connectivity index (χ4v) is 4.54. The van der Waals surface area contributed by atoms with Crippen LogP contribution in [-0.4, -0.2) is 63.9 Å². The van der Waals surface area contributed by atoms with E-state index in [1.807, 2.05) is 13.0 Å². The molecule has 0 aromatic carbocycles. The molecule has 1 saturated carbocycles. The van der Waals surface area contributed by atoms with Gasteiger partial charge in [-0.2, -0.15) is 9.36 Å². The summed E-state index contributed by atoms with van der Waals surface area (Å²) in [6.45, 7) is 5.62. The van der Waals surface area contributed by atoms with E-state index < -0.39 is 0 Å². The summed E-state index contributed by atoms with van der Waals surface area (Å²) in [7, 11) is 0. The topological polar surface area (TPSA) is 122 Å². The first kappa shape index (κ1) is 20.0. The summed E-state index contributed by atoms with van der Waals surface area (Å²) in [5.74, 6) is 0.704. The highest BCUT2D eigenvalue weighted by atomic mass is 32.1. The van der Waals surface area contributed by atoms with Gasteiger partial charge in [0.1, 0.15) is 22.5 Å². The van der Waals surface area contributed by atoms with Crippen LogP contribution < -0.4 is 15.8 Å². The Bertz CT molecular complexity index is 845. The molecule has 3 heterocycles. The lowest BCUT2D eigenvalue weighted by Crippen LogP contribution is -2.46. The molecular weight excluding hydrogens is 390 g/mol. The summed E-state index contributed by atoms with van der Waals surface area (Å²) in [6.07, 6.45) is 5.31. The van der Waals surface area contributed by atoms with Crippen molar-refractivity contribution >= 4 is 34.4 Å². The van der Waals surface area contributed by atoms with E-state index in [1.54, 1.807) is 0 Å². The lowest BCUT2D eigenvalue weighted by atomic mass is 9.91. The largest absolute Gasteiger partial charge is 0.473 e. The third-order valence-corrected chi connectivity index (χ3v) is 6.22. The summed E-state index contributed by atoms with van der Waals surface area (Å²) in [4.78, 5) is 11.3. The number of rotatable bonds is 6. The van der Waals surface area contributed by atoms with Crippen LogP contribution in [-0.2, 0) is 4.74 Å². The molecule has 4 rings (SSSR count). The number of nitrogens with one attached hydrogen (secondary N) is 2. The molecule has 10 heteroatoms. The number of aryl methyl sites for hydroxylation is 1. The van der Waals surface area contributed by atoms with Gasteiger partial charge in [-0.3, -0.25) is 4.90 Å². The fourth-order valence-electron chi connectivity index (χ4n) is 3.88. The number of nitrogen functional groups attached to an aromatic ring is 1. The lowest BCUT2D eigenvalue weighted by Gasteiger charge is -2.38. The van der Waals surface area contributed by atoms with E-state index in [0.29, 0.717) is 29.3 Å². The Kier molecular flexibility index (Phi) is 6.22. The molecule has 0 spiro atoms. The van der Waals surface area contributed by atoms with Crippen molar-refractivity contribution in [1.82, 2.24) is 19.2 Å². The highest BCUT2D eigenvalue weighted by molar-refractivity contribution is 7.10. The summed E-state index contributed by atoms with van der Waals surface area (Å²) in [5.41, 5.74) is 7.74. The maximum Gasteiger partial charge on any atom is 0.243 e. The van der Waals surface area contributed by atoms with Crippen molar-refractivity contribution < 1.29 is 9.47 Å². The maximum absolute atomic E-state index is 7.62. The van der Waals surface area contributed by atoms with Gasteiger partial charge in [0.15, 0.2) is 0 Å². The molecule has 0 bridgehead atoms. The summed E-state index contributed by atoms with van der Waals surface area (Å²) in [5, 5.41) is 11.6. The molecule has 2 fully saturated rings. The molecule has 2 aromatic heterocycles. The molecule has 0 radical (unpaired) electrons. The molecule has 4 N–H and O–H groups in total. The van der Waals surface area contributed by atoms with Gasteiger partial charge in [-0.15, -0.1) is 0 Å². The molecule has 2 aromatic rings. The molecule has 1 saturated heterocycles. The van der Waals surface area contributed by atoms with Crippen molar-refractivity contribution in [3.63, 3.8) is 0 Å². The molecular formula is C19H27N7O2S. The SMILES string of the molecule is Cc1cc(Nc2nc(C=N)c(N)c(OC3CCC(N4CCOCC4)CC3)n2)sn1. The zero-order valence-corrected chi connectivity index (χ0v) is 17.4. The predicted octanol–water partition coefficient (Wildman–Crippen LogP) is 2.59. The van der Waals surface area contributed by atoms with Crippen LogP contribution in [0.5, 0.6) is 5.88 Å². The van der Waals surface area contributed by atoms with Gasteiger partial charge < -0.3 is 25.9 Å². The van der Waals surface area contributed by atoms with Crippen LogP contribution in [0.4, 0.5) is 16.6 Å². The van der Waals surface area contributed by atoms with E-state index in [2.05, 4.69) is 24.6 Å². The van der Waals surface area contributed by atoms with Crippen LogP contribution in [0.15, 0.2) is 6.07 Å². The standard InChI is InChI=1S/C19H27N7O2S/c1-12-10-16(29-25-12)23-19-22-15(11-20)17(21)18(24-19)28-14-4-2-13(3-5-14)26-6-8-27-9-7-26/h10-11,13-14,20H,2-9,21H2,1H3,(H,22,23,24). The summed E-state index contributed by atoms with van der Waals surface area (Å²) < 4.78 is 15.9. The molecule has 156 valence electrons. The van der Waals surface area contributed by atoms with Gasteiger partial charge in [-0.1, -0.05) is 0 Å². The number of anilines is 3.